The molecule has 0 saturated heterocycles. The number of benzene rings is 1. The van der Waals surface area contributed by atoms with E-state index in [4.69, 9.17) is 0 Å². The second-order valence-corrected chi connectivity index (χ2v) is 8.52. The van der Waals surface area contributed by atoms with Gasteiger partial charge in [-0.25, -0.2) is 13.4 Å². The predicted octanol–water partition coefficient (Wildman–Crippen LogP) is 3.34. The van der Waals surface area contributed by atoms with Gasteiger partial charge in [-0.15, -0.1) is 11.3 Å². The molecule has 128 valence electrons. The van der Waals surface area contributed by atoms with Gasteiger partial charge >= 0.3 is 6.18 Å². The van der Waals surface area contributed by atoms with Gasteiger partial charge in [-0.1, -0.05) is 6.07 Å². The molecule has 0 N–H and O–H groups in total. The Morgan fingerprint density at radius 1 is 1.25 bits per heavy atom. The molecule has 0 fully saturated rings. The van der Waals surface area contributed by atoms with Crippen LogP contribution in [0.25, 0.3) is 10.2 Å². The number of rotatable bonds is 4. The van der Waals surface area contributed by atoms with Crippen molar-refractivity contribution in [2.24, 2.45) is 0 Å². The van der Waals surface area contributed by atoms with Crippen molar-refractivity contribution >= 4 is 31.4 Å². The van der Waals surface area contributed by atoms with Crippen molar-refractivity contribution in [2.75, 3.05) is 0 Å². The van der Waals surface area contributed by atoms with Crippen LogP contribution >= 0.6 is 11.3 Å². The van der Waals surface area contributed by atoms with Gasteiger partial charge in [0.25, 0.3) is 0 Å². The molecule has 24 heavy (non-hydrogen) atoms. The summed E-state index contributed by atoms with van der Waals surface area (Å²) in [4.78, 5) is 4.12. The lowest BCUT2D eigenvalue weighted by atomic mass is 10.2. The van der Waals surface area contributed by atoms with Crippen molar-refractivity contribution in [1.82, 2.24) is 14.8 Å². The lowest BCUT2D eigenvalue weighted by Crippen LogP contribution is -2.18. The van der Waals surface area contributed by atoms with E-state index in [0.717, 1.165) is 27.8 Å². The molecule has 0 spiro atoms. The Morgan fingerprint density at radius 2 is 2.00 bits per heavy atom. The molecule has 3 aromatic rings. The van der Waals surface area contributed by atoms with E-state index in [1.165, 1.54) is 6.07 Å². The number of hydrogen-bond acceptors (Lipinski definition) is 5. The molecule has 0 aliphatic carbocycles. The van der Waals surface area contributed by atoms with E-state index in [1.807, 2.05) is 13.0 Å². The molecular formula is C14H12F3N3O2S2. The number of hydrogen-bond donors (Lipinski definition) is 0. The highest BCUT2D eigenvalue weighted by molar-refractivity contribution is 7.92. The van der Waals surface area contributed by atoms with Crippen LogP contribution in [0.5, 0.6) is 0 Å². The standard InChI is InChI=1S/C14H12F3N3O2S2/c1-9-2-3-12-11(6-9)18-13(23-12)24(21,22)7-10-4-5-20(19-10)8-14(15,16)17/h2-6H,7-8H2,1H3. The Labute approximate surface area is 139 Å². The second kappa shape index (κ2) is 5.85. The fraction of sp³-hybridized carbons (Fsp3) is 0.286. The largest absolute Gasteiger partial charge is 0.408 e. The van der Waals surface area contributed by atoms with Crippen molar-refractivity contribution < 1.29 is 21.6 Å². The molecule has 1 aromatic carbocycles. The summed E-state index contributed by atoms with van der Waals surface area (Å²) in [6.07, 6.45) is -3.30. The number of nitrogens with zero attached hydrogens (tertiary/aromatic N) is 3. The lowest BCUT2D eigenvalue weighted by molar-refractivity contribution is -0.142. The van der Waals surface area contributed by atoms with E-state index in [0.29, 0.717) is 10.2 Å². The van der Waals surface area contributed by atoms with Crippen LogP contribution < -0.4 is 0 Å². The second-order valence-electron chi connectivity index (χ2n) is 5.33. The van der Waals surface area contributed by atoms with E-state index in [2.05, 4.69) is 10.1 Å². The van der Waals surface area contributed by atoms with Gasteiger partial charge in [-0.2, -0.15) is 18.3 Å². The normalized spacial score (nSPS) is 12.8. The van der Waals surface area contributed by atoms with Crippen LogP contribution in [-0.2, 0) is 22.1 Å². The van der Waals surface area contributed by atoms with E-state index in [-0.39, 0.29) is 10.0 Å². The Hall–Kier alpha value is -1.94. The van der Waals surface area contributed by atoms with Gasteiger partial charge < -0.3 is 0 Å². The zero-order valence-corrected chi connectivity index (χ0v) is 14.0. The van der Waals surface area contributed by atoms with Gasteiger partial charge in [0.15, 0.2) is 0 Å². The molecule has 2 aromatic heterocycles. The topological polar surface area (TPSA) is 64.8 Å². The highest BCUT2D eigenvalue weighted by atomic mass is 32.2. The summed E-state index contributed by atoms with van der Waals surface area (Å²) in [5, 5.41) is 3.67. The lowest BCUT2D eigenvalue weighted by Gasteiger charge is -2.05. The molecule has 0 atom stereocenters. The number of fused-ring (bicyclic) bond motifs is 1. The summed E-state index contributed by atoms with van der Waals surface area (Å²) < 4.78 is 63.2. The maximum atomic E-state index is 12.4. The third kappa shape index (κ3) is 3.75. The third-order valence-corrected chi connectivity index (χ3v) is 6.31. The molecule has 0 unspecified atom stereocenters. The van der Waals surface area contributed by atoms with Crippen LogP contribution in [0.1, 0.15) is 11.3 Å². The van der Waals surface area contributed by atoms with Crippen molar-refractivity contribution in [1.29, 1.82) is 0 Å². The summed E-state index contributed by atoms with van der Waals surface area (Å²) in [6.45, 7) is 0.619. The third-order valence-electron chi connectivity index (χ3n) is 3.16. The highest BCUT2D eigenvalue weighted by Gasteiger charge is 2.29. The summed E-state index contributed by atoms with van der Waals surface area (Å²) in [7, 11) is -3.77. The van der Waals surface area contributed by atoms with E-state index >= 15 is 0 Å². The molecular weight excluding hydrogens is 363 g/mol. The number of sulfone groups is 1. The molecule has 0 radical (unpaired) electrons. The first kappa shape index (κ1) is 16.9. The summed E-state index contributed by atoms with van der Waals surface area (Å²) >= 11 is 1.04. The minimum Gasteiger partial charge on any atom is -0.263 e. The monoisotopic (exact) mass is 375 g/mol. The number of halogens is 3. The average molecular weight is 375 g/mol. The SMILES string of the molecule is Cc1ccc2sc(S(=O)(=O)Cc3ccn(CC(F)(F)F)n3)nc2c1. The van der Waals surface area contributed by atoms with E-state index in [1.54, 1.807) is 12.1 Å². The van der Waals surface area contributed by atoms with Gasteiger partial charge in [-0.3, -0.25) is 4.68 Å². The Balaban J connectivity index is 1.85. The zero-order chi connectivity index (χ0) is 17.5. The molecule has 0 amide bonds. The molecule has 0 aliphatic rings. The highest BCUT2D eigenvalue weighted by Crippen LogP contribution is 2.28. The minimum absolute atomic E-state index is 0.0506. The molecule has 0 aliphatic heterocycles. The molecule has 5 nitrogen and oxygen atoms in total. The van der Waals surface area contributed by atoms with E-state index < -0.39 is 28.3 Å². The van der Waals surface area contributed by atoms with Gasteiger partial charge in [0, 0.05) is 6.20 Å². The molecule has 3 rings (SSSR count). The van der Waals surface area contributed by atoms with Crippen LogP contribution in [0.2, 0.25) is 0 Å². The molecule has 0 bridgehead atoms. The fourth-order valence-corrected chi connectivity index (χ4v) is 4.69. The Morgan fingerprint density at radius 3 is 2.71 bits per heavy atom. The number of aromatic nitrogens is 3. The first-order valence-corrected chi connectivity index (χ1v) is 9.28. The maximum absolute atomic E-state index is 12.4. The quantitative estimate of drug-likeness (QED) is 0.702. The first-order valence-electron chi connectivity index (χ1n) is 6.81. The Bertz CT molecular complexity index is 990. The van der Waals surface area contributed by atoms with Crippen LogP contribution in [0.4, 0.5) is 13.2 Å². The summed E-state index contributed by atoms with van der Waals surface area (Å²) in [5.41, 5.74) is 1.60. The van der Waals surface area contributed by atoms with Crippen LogP contribution in [0.3, 0.4) is 0 Å². The number of aryl methyl sites for hydroxylation is 1. The molecule has 2 heterocycles. The predicted molar refractivity (Wildman–Crippen MR) is 83.5 cm³/mol. The van der Waals surface area contributed by atoms with Crippen molar-refractivity contribution in [3.8, 4) is 0 Å². The zero-order valence-electron chi connectivity index (χ0n) is 12.4. The van der Waals surface area contributed by atoms with Gasteiger partial charge in [0.2, 0.25) is 14.2 Å². The molecule has 0 saturated carbocycles. The van der Waals surface area contributed by atoms with Gasteiger partial charge in [-0.05, 0) is 30.7 Å². The maximum Gasteiger partial charge on any atom is 0.408 e. The van der Waals surface area contributed by atoms with Crippen molar-refractivity contribution in [3.05, 3.63) is 41.7 Å². The van der Waals surface area contributed by atoms with Gasteiger partial charge in [0.05, 0.1) is 15.9 Å². The molecule has 10 heteroatoms. The van der Waals surface area contributed by atoms with Gasteiger partial charge in [0.1, 0.15) is 12.3 Å². The van der Waals surface area contributed by atoms with Crippen LogP contribution in [0.15, 0.2) is 34.8 Å². The number of alkyl halides is 3. The smallest absolute Gasteiger partial charge is 0.263 e. The van der Waals surface area contributed by atoms with Crippen LogP contribution in [0, 0.1) is 6.92 Å². The van der Waals surface area contributed by atoms with Crippen LogP contribution in [-0.4, -0.2) is 29.4 Å². The average Bonchev–Trinajstić information content (AvgIpc) is 3.03. The minimum atomic E-state index is -4.41. The van der Waals surface area contributed by atoms with Crippen molar-refractivity contribution in [3.63, 3.8) is 0 Å². The fourth-order valence-electron chi connectivity index (χ4n) is 2.16. The number of thiazole rings is 1. The van der Waals surface area contributed by atoms with E-state index in [9.17, 15) is 21.6 Å². The Kier molecular flexibility index (Phi) is 4.12. The van der Waals surface area contributed by atoms with Crippen molar-refractivity contribution in [2.45, 2.75) is 29.7 Å². The first-order chi connectivity index (χ1) is 11.1. The summed E-state index contributed by atoms with van der Waals surface area (Å²) in [6, 6.07) is 6.69. The summed E-state index contributed by atoms with van der Waals surface area (Å²) in [5.74, 6) is -0.489.